The smallest absolute Gasteiger partial charge is 0.142 e. The topological polar surface area (TPSA) is 41.3 Å². The fourth-order valence-electron chi connectivity index (χ4n) is 2.00. The average Bonchev–Trinajstić information content (AvgIpc) is 2.80. The van der Waals surface area contributed by atoms with Gasteiger partial charge in [0.05, 0.1) is 27.9 Å². The molecular weight excluding hydrogens is 361 g/mol. The summed E-state index contributed by atoms with van der Waals surface area (Å²) in [5.41, 5.74) is 0.883. The first-order chi connectivity index (χ1) is 9.91. The summed E-state index contributed by atoms with van der Waals surface area (Å²) in [4.78, 5) is 2.01. The lowest BCUT2D eigenvalue weighted by atomic mass is 10.1. The van der Waals surface area contributed by atoms with Gasteiger partial charge in [-0.1, -0.05) is 23.7 Å². The first kappa shape index (κ1) is 16.4. The highest BCUT2D eigenvalue weighted by atomic mass is 79.9. The van der Waals surface area contributed by atoms with Crippen LogP contribution in [0.4, 0.5) is 4.39 Å². The van der Waals surface area contributed by atoms with E-state index in [-0.39, 0.29) is 5.02 Å². The van der Waals surface area contributed by atoms with Crippen molar-refractivity contribution < 1.29 is 9.50 Å². The molecule has 0 spiro atoms. The number of benzene rings is 1. The molecule has 0 bridgehead atoms. The zero-order valence-electron chi connectivity index (χ0n) is 11.7. The van der Waals surface area contributed by atoms with Crippen molar-refractivity contribution in [3.05, 3.63) is 51.0 Å². The van der Waals surface area contributed by atoms with Crippen LogP contribution >= 0.6 is 27.5 Å². The number of nitrogens with zero attached hydrogens (tertiary/aromatic N) is 3. The zero-order chi connectivity index (χ0) is 15.6. The Labute approximate surface area is 136 Å². The summed E-state index contributed by atoms with van der Waals surface area (Å²) < 4.78 is 15.9. The van der Waals surface area contributed by atoms with E-state index in [4.69, 9.17) is 11.6 Å². The van der Waals surface area contributed by atoms with Gasteiger partial charge in [0.1, 0.15) is 11.9 Å². The SMILES string of the molecule is CN(C)CCn1ncc(Br)c1C(O)c1cccc(F)c1Cl. The minimum atomic E-state index is -1.05. The molecule has 1 unspecified atom stereocenters. The van der Waals surface area contributed by atoms with Gasteiger partial charge in [-0.2, -0.15) is 5.10 Å². The van der Waals surface area contributed by atoms with Crippen LogP contribution < -0.4 is 0 Å². The normalized spacial score (nSPS) is 12.9. The first-order valence-electron chi connectivity index (χ1n) is 6.39. The van der Waals surface area contributed by atoms with Crippen LogP contribution in [-0.2, 0) is 6.54 Å². The maximum Gasteiger partial charge on any atom is 0.142 e. The molecule has 0 saturated heterocycles. The molecule has 7 heteroatoms. The number of hydrogen-bond donors (Lipinski definition) is 1. The Bertz CT molecular complexity index is 633. The molecule has 0 fully saturated rings. The molecule has 0 amide bonds. The number of likely N-dealkylation sites (N-methyl/N-ethyl adjacent to an activating group) is 1. The maximum atomic E-state index is 13.6. The summed E-state index contributed by atoms with van der Waals surface area (Å²) in [6.45, 7) is 1.38. The van der Waals surface area contributed by atoms with Crippen molar-refractivity contribution in [1.82, 2.24) is 14.7 Å². The van der Waals surface area contributed by atoms with E-state index in [0.29, 0.717) is 22.3 Å². The standard InChI is InChI=1S/C14H16BrClFN3O/c1-19(2)6-7-20-13(10(15)8-18-20)14(21)9-4-3-5-11(17)12(9)16/h3-5,8,14,21H,6-7H2,1-2H3. The van der Waals surface area contributed by atoms with Crippen molar-refractivity contribution in [3.63, 3.8) is 0 Å². The number of hydrogen-bond acceptors (Lipinski definition) is 3. The first-order valence-corrected chi connectivity index (χ1v) is 7.56. The molecule has 2 aromatic rings. The Hall–Kier alpha value is -0.950. The molecule has 0 radical (unpaired) electrons. The highest BCUT2D eigenvalue weighted by molar-refractivity contribution is 9.10. The molecule has 0 aliphatic carbocycles. The summed E-state index contributed by atoms with van der Waals surface area (Å²) in [7, 11) is 3.91. The van der Waals surface area contributed by atoms with E-state index < -0.39 is 11.9 Å². The largest absolute Gasteiger partial charge is 0.382 e. The number of aliphatic hydroxyl groups excluding tert-OH is 1. The average molecular weight is 377 g/mol. The van der Waals surface area contributed by atoms with Crippen LogP contribution in [0.2, 0.25) is 5.02 Å². The highest BCUT2D eigenvalue weighted by Crippen LogP contribution is 2.33. The maximum absolute atomic E-state index is 13.6. The lowest BCUT2D eigenvalue weighted by Crippen LogP contribution is -2.21. The van der Waals surface area contributed by atoms with Crippen molar-refractivity contribution in [3.8, 4) is 0 Å². The molecule has 1 aromatic carbocycles. The molecule has 1 N–H and O–H groups in total. The monoisotopic (exact) mass is 375 g/mol. The molecule has 1 atom stereocenters. The van der Waals surface area contributed by atoms with Crippen LogP contribution in [0, 0.1) is 5.82 Å². The van der Waals surface area contributed by atoms with Gasteiger partial charge in [-0.3, -0.25) is 4.68 Å². The van der Waals surface area contributed by atoms with E-state index in [1.165, 1.54) is 12.1 Å². The van der Waals surface area contributed by atoms with E-state index in [9.17, 15) is 9.50 Å². The lowest BCUT2D eigenvalue weighted by molar-refractivity contribution is 0.204. The molecule has 114 valence electrons. The fraction of sp³-hybridized carbons (Fsp3) is 0.357. The Morgan fingerprint density at radius 3 is 2.86 bits per heavy atom. The third-order valence-corrected chi connectivity index (χ3v) is 4.14. The molecule has 21 heavy (non-hydrogen) atoms. The van der Waals surface area contributed by atoms with Gasteiger partial charge in [-0.25, -0.2) is 4.39 Å². The van der Waals surface area contributed by atoms with E-state index in [1.54, 1.807) is 16.9 Å². The molecule has 4 nitrogen and oxygen atoms in total. The van der Waals surface area contributed by atoms with E-state index in [2.05, 4.69) is 21.0 Å². The Kier molecular flexibility index (Phi) is 5.37. The van der Waals surface area contributed by atoms with Gasteiger partial charge >= 0.3 is 0 Å². The molecular formula is C14H16BrClFN3O. The molecule has 0 aliphatic rings. The molecule has 2 rings (SSSR count). The minimum Gasteiger partial charge on any atom is -0.382 e. The third kappa shape index (κ3) is 3.63. The number of aliphatic hydroxyl groups is 1. The Balaban J connectivity index is 2.36. The van der Waals surface area contributed by atoms with Crippen molar-refractivity contribution in [2.75, 3.05) is 20.6 Å². The highest BCUT2D eigenvalue weighted by Gasteiger charge is 2.23. The zero-order valence-corrected chi connectivity index (χ0v) is 14.1. The second-order valence-corrected chi connectivity index (χ2v) is 6.18. The quantitative estimate of drug-likeness (QED) is 0.872. The van der Waals surface area contributed by atoms with Crippen molar-refractivity contribution in [1.29, 1.82) is 0 Å². The Morgan fingerprint density at radius 2 is 2.19 bits per heavy atom. The van der Waals surface area contributed by atoms with Gasteiger partial charge in [0.2, 0.25) is 0 Å². The van der Waals surface area contributed by atoms with Gasteiger partial charge in [0.25, 0.3) is 0 Å². The number of rotatable bonds is 5. The van der Waals surface area contributed by atoms with Gasteiger partial charge < -0.3 is 10.0 Å². The van der Waals surface area contributed by atoms with Crippen LogP contribution in [0.5, 0.6) is 0 Å². The fourth-order valence-corrected chi connectivity index (χ4v) is 2.74. The molecule has 1 heterocycles. The minimum absolute atomic E-state index is 0.0720. The Morgan fingerprint density at radius 1 is 1.48 bits per heavy atom. The third-order valence-electron chi connectivity index (χ3n) is 3.13. The predicted molar refractivity (Wildman–Crippen MR) is 84.0 cm³/mol. The summed E-state index contributed by atoms with van der Waals surface area (Å²) >= 11 is 9.32. The summed E-state index contributed by atoms with van der Waals surface area (Å²) in [6, 6.07) is 4.39. The van der Waals surface area contributed by atoms with Gasteiger partial charge in [-0.15, -0.1) is 0 Å². The van der Waals surface area contributed by atoms with E-state index in [0.717, 1.165) is 6.54 Å². The van der Waals surface area contributed by atoms with Crippen LogP contribution in [0.15, 0.2) is 28.9 Å². The van der Waals surface area contributed by atoms with Crippen molar-refractivity contribution in [2.45, 2.75) is 12.6 Å². The summed E-state index contributed by atoms with van der Waals surface area (Å²) in [5, 5.41) is 14.7. The second kappa shape index (κ2) is 6.87. The van der Waals surface area contributed by atoms with Gasteiger partial charge in [-0.05, 0) is 36.1 Å². The van der Waals surface area contributed by atoms with E-state index >= 15 is 0 Å². The van der Waals surface area contributed by atoms with Crippen LogP contribution in [0.3, 0.4) is 0 Å². The summed E-state index contributed by atoms with van der Waals surface area (Å²) in [5.74, 6) is -0.552. The second-order valence-electron chi connectivity index (χ2n) is 4.95. The predicted octanol–water partition coefficient (Wildman–Crippen LogP) is 3.08. The van der Waals surface area contributed by atoms with Crippen molar-refractivity contribution in [2.24, 2.45) is 0 Å². The van der Waals surface area contributed by atoms with E-state index in [1.807, 2.05) is 19.0 Å². The van der Waals surface area contributed by atoms with Crippen LogP contribution in [-0.4, -0.2) is 40.4 Å². The molecule has 0 aliphatic heterocycles. The van der Waals surface area contributed by atoms with Crippen molar-refractivity contribution >= 4 is 27.5 Å². The molecule has 1 aromatic heterocycles. The lowest BCUT2D eigenvalue weighted by Gasteiger charge is -2.17. The summed E-state index contributed by atoms with van der Waals surface area (Å²) in [6.07, 6.45) is 0.564. The van der Waals surface area contributed by atoms with Crippen LogP contribution in [0.1, 0.15) is 17.4 Å². The number of halogens is 3. The molecule has 0 saturated carbocycles. The van der Waals surface area contributed by atoms with Crippen LogP contribution in [0.25, 0.3) is 0 Å². The van der Waals surface area contributed by atoms with Gasteiger partial charge in [0, 0.05) is 12.1 Å². The number of aromatic nitrogens is 2. The van der Waals surface area contributed by atoms with Gasteiger partial charge in [0.15, 0.2) is 0 Å².